The summed E-state index contributed by atoms with van der Waals surface area (Å²) in [6.07, 6.45) is -0.677. The molecule has 0 aromatic rings. The standard InChI is InChI=1S/C5H7BrFNO/c6-3-1-5(9)8-2-4(3)7/h3-4H,1-2H2,(H,8,9). The molecule has 1 aliphatic rings. The Morgan fingerprint density at radius 1 is 1.78 bits per heavy atom. The van der Waals surface area contributed by atoms with Crippen LogP contribution in [0.4, 0.5) is 4.39 Å². The zero-order valence-electron chi connectivity index (χ0n) is 4.73. The molecule has 1 aliphatic heterocycles. The van der Waals surface area contributed by atoms with E-state index in [2.05, 4.69) is 21.2 Å². The SMILES string of the molecule is O=C1CC(Br)C(F)CN1. The average Bonchev–Trinajstić information content (AvgIpc) is 1.80. The van der Waals surface area contributed by atoms with Crippen LogP contribution in [0.25, 0.3) is 0 Å². The molecule has 4 heteroatoms. The van der Waals surface area contributed by atoms with Crippen LogP contribution < -0.4 is 5.32 Å². The lowest BCUT2D eigenvalue weighted by atomic mass is 10.1. The smallest absolute Gasteiger partial charge is 0.221 e. The molecule has 9 heavy (non-hydrogen) atoms. The summed E-state index contributed by atoms with van der Waals surface area (Å²) < 4.78 is 12.5. The third kappa shape index (κ3) is 1.64. The van der Waals surface area contributed by atoms with Gasteiger partial charge in [0.25, 0.3) is 0 Å². The number of piperidine rings is 1. The Bertz CT molecular complexity index is 130. The molecular formula is C5H7BrFNO. The molecule has 0 aromatic heterocycles. The van der Waals surface area contributed by atoms with Gasteiger partial charge in [-0.05, 0) is 0 Å². The predicted molar refractivity (Wildman–Crippen MR) is 35.2 cm³/mol. The second kappa shape index (κ2) is 2.64. The zero-order chi connectivity index (χ0) is 6.85. The van der Waals surface area contributed by atoms with Crippen molar-refractivity contribution >= 4 is 21.8 Å². The first kappa shape index (κ1) is 6.99. The maximum absolute atomic E-state index is 12.5. The van der Waals surface area contributed by atoms with E-state index in [4.69, 9.17) is 0 Å². The average molecular weight is 196 g/mol. The zero-order valence-corrected chi connectivity index (χ0v) is 6.32. The summed E-state index contributed by atoms with van der Waals surface area (Å²) in [7, 11) is 0. The van der Waals surface area contributed by atoms with Crippen LogP contribution in [-0.4, -0.2) is 23.5 Å². The third-order valence-corrected chi connectivity index (χ3v) is 2.16. The maximum Gasteiger partial charge on any atom is 0.221 e. The molecule has 1 fully saturated rings. The van der Waals surface area contributed by atoms with Crippen molar-refractivity contribution in [2.75, 3.05) is 6.54 Å². The first-order valence-electron chi connectivity index (χ1n) is 2.75. The number of halogens is 2. The van der Waals surface area contributed by atoms with Crippen molar-refractivity contribution < 1.29 is 9.18 Å². The van der Waals surface area contributed by atoms with Gasteiger partial charge in [0.15, 0.2) is 0 Å². The van der Waals surface area contributed by atoms with Gasteiger partial charge in [-0.2, -0.15) is 0 Å². The van der Waals surface area contributed by atoms with Crippen LogP contribution in [0.15, 0.2) is 0 Å². The summed E-state index contributed by atoms with van der Waals surface area (Å²) in [6.45, 7) is 0.148. The Kier molecular flexibility index (Phi) is 2.05. The van der Waals surface area contributed by atoms with Crippen molar-refractivity contribution in [3.63, 3.8) is 0 Å². The van der Waals surface area contributed by atoms with Gasteiger partial charge in [0.1, 0.15) is 6.17 Å². The fourth-order valence-corrected chi connectivity index (χ4v) is 1.20. The summed E-state index contributed by atoms with van der Waals surface area (Å²) in [5.74, 6) is -0.0780. The number of alkyl halides is 2. The Hall–Kier alpha value is -0.120. The van der Waals surface area contributed by atoms with Crippen molar-refractivity contribution in [2.24, 2.45) is 0 Å². The first-order valence-corrected chi connectivity index (χ1v) is 3.66. The minimum absolute atomic E-state index is 0.0780. The Morgan fingerprint density at radius 3 is 2.89 bits per heavy atom. The summed E-state index contributed by atoms with van der Waals surface area (Å²) in [5, 5.41) is 2.42. The van der Waals surface area contributed by atoms with E-state index in [9.17, 15) is 9.18 Å². The highest BCUT2D eigenvalue weighted by atomic mass is 79.9. The number of carbonyl (C=O) groups excluding carboxylic acids is 1. The molecule has 1 heterocycles. The minimum atomic E-state index is -0.928. The van der Waals surface area contributed by atoms with Gasteiger partial charge in [-0.25, -0.2) is 4.39 Å². The normalized spacial score (nSPS) is 36.0. The molecule has 2 atom stereocenters. The highest BCUT2D eigenvalue weighted by Gasteiger charge is 2.26. The number of rotatable bonds is 0. The largest absolute Gasteiger partial charge is 0.353 e. The summed E-state index contributed by atoms with van der Waals surface area (Å²) >= 11 is 3.06. The van der Waals surface area contributed by atoms with E-state index < -0.39 is 6.17 Å². The quantitative estimate of drug-likeness (QED) is 0.565. The molecule has 52 valence electrons. The maximum atomic E-state index is 12.5. The summed E-state index contributed by atoms with van der Waals surface area (Å²) in [5.41, 5.74) is 0. The van der Waals surface area contributed by atoms with E-state index in [0.717, 1.165) is 0 Å². The van der Waals surface area contributed by atoms with Crippen molar-refractivity contribution in [3.05, 3.63) is 0 Å². The first-order chi connectivity index (χ1) is 4.20. The fourth-order valence-electron chi connectivity index (χ4n) is 0.716. The van der Waals surface area contributed by atoms with Crippen LogP contribution >= 0.6 is 15.9 Å². The molecule has 1 N–H and O–H groups in total. The summed E-state index contributed by atoms with van der Waals surface area (Å²) in [4.78, 5) is 10.2. The Balaban J connectivity index is 2.44. The van der Waals surface area contributed by atoms with Gasteiger partial charge in [-0.3, -0.25) is 4.79 Å². The van der Waals surface area contributed by atoms with Gasteiger partial charge in [0.2, 0.25) is 5.91 Å². The molecule has 0 bridgehead atoms. The van der Waals surface area contributed by atoms with E-state index in [1.54, 1.807) is 0 Å². The molecule has 0 spiro atoms. The van der Waals surface area contributed by atoms with Gasteiger partial charge >= 0.3 is 0 Å². The lowest BCUT2D eigenvalue weighted by molar-refractivity contribution is -0.122. The van der Waals surface area contributed by atoms with Crippen LogP contribution in [0.1, 0.15) is 6.42 Å². The second-order valence-corrected chi connectivity index (χ2v) is 3.22. The van der Waals surface area contributed by atoms with Crippen LogP contribution in [0.3, 0.4) is 0 Å². The monoisotopic (exact) mass is 195 g/mol. The summed E-state index contributed by atoms with van der Waals surface area (Å²) in [6, 6.07) is 0. The van der Waals surface area contributed by atoms with E-state index in [0.29, 0.717) is 0 Å². The number of carbonyl (C=O) groups is 1. The van der Waals surface area contributed by atoms with Crippen LogP contribution in [0.2, 0.25) is 0 Å². The molecule has 2 nitrogen and oxygen atoms in total. The molecule has 1 rings (SSSR count). The molecular weight excluding hydrogens is 189 g/mol. The number of hydrogen-bond donors (Lipinski definition) is 1. The molecule has 1 saturated heterocycles. The van der Waals surface area contributed by atoms with Crippen molar-refractivity contribution in [1.82, 2.24) is 5.32 Å². The molecule has 0 aromatic carbocycles. The van der Waals surface area contributed by atoms with Crippen LogP contribution in [0.5, 0.6) is 0 Å². The van der Waals surface area contributed by atoms with Gasteiger partial charge < -0.3 is 5.32 Å². The highest BCUT2D eigenvalue weighted by Crippen LogP contribution is 2.16. The number of nitrogens with one attached hydrogen (secondary N) is 1. The fraction of sp³-hybridized carbons (Fsp3) is 0.800. The molecule has 1 amide bonds. The van der Waals surface area contributed by atoms with E-state index in [1.165, 1.54) is 0 Å². The molecule has 0 radical (unpaired) electrons. The lowest BCUT2D eigenvalue weighted by Gasteiger charge is -2.20. The van der Waals surface area contributed by atoms with Crippen LogP contribution in [0, 0.1) is 0 Å². The van der Waals surface area contributed by atoms with Crippen molar-refractivity contribution in [2.45, 2.75) is 17.4 Å². The minimum Gasteiger partial charge on any atom is -0.353 e. The molecule has 0 saturated carbocycles. The van der Waals surface area contributed by atoms with E-state index in [1.807, 2.05) is 0 Å². The van der Waals surface area contributed by atoms with Crippen molar-refractivity contribution in [3.8, 4) is 0 Å². The third-order valence-electron chi connectivity index (χ3n) is 1.27. The van der Waals surface area contributed by atoms with Gasteiger partial charge in [0.05, 0.1) is 4.83 Å². The van der Waals surface area contributed by atoms with Crippen LogP contribution in [-0.2, 0) is 4.79 Å². The Morgan fingerprint density at radius 2 is 2.44 bits per heavy atom. The number of hydrogen-bond acceptors (Lipinski definition) is 1. The van der Waals surface area contributed by atoms with Gasteiger partial charge in [0, 0.05) is 13.0 Å². The van der Waals surface area contributed by atoms with Crippen molar-refractivity contribution in [1.29, 1.82) is 0 Å². The topological polar surface area (TPSA) is 29.1 Å². The highest BCUT2D eigenvalue weighted by molar-refractivity contribution is 9.09. The molecule has 2 unspecified atom stereocenters. The number of amides is 1. The van der Waals surface area contributed by atoms with Gasteiger partial charge in [-0.1, -0.05) is 15.9 Å². The van der Waals surface area contributed by atoms with Gasteiger partial charge in [-0.15, -0.1) is 0 Å². The van der Waals surface area contributed by atoms with E-state index in [-0.39, 0.29) is 23.7 Å². The lowest BCUT2D eigenvalue weighted by Crippen LogP contribution is -2.42. The second-order valence-electron chi connectivity index (χ2n) is 2.04. The Labute approximate surface area is 60.9 Å². The predicted octanol–water partition coefficient (Wildman–Crippen LogP) is 0.608. The van der Waals surface area contributed by atoms with E-state index >= 15 is 0 Å². The molecule has 0 aliphatic carbocycles.